The van der Waals surface area contributed by atoms with Crippen molar-refractivity contribution >= 4 is 23.4 Å². The number of rotatable bonds is 4. The largest absolute Gasteiger partial charge is 0.486 e. The maximum Gasteiger partial charge on any atom is 0.200 e. The summed E-state index contributed by atoms with van der Waals surface area (Å²) in [6.07, 6.45) is 1.62. The lowest BCUT2D eigenvalue weighted by molar-refractivity contribution is 0.171. The van der Waals surface area contributed by atoms with Gasteiger partial charge in [-0.15, -0.1) is 10.2 Å². The van der Waals surface area contributed by atoms with Crippen LogP contribution in [0.5, 0.6) is 11.5 Å². The van der Waals surface area contributed by atoms with Gasteiger partial charge in [0.25, 0.3) is 0 Å². The molecule has 0 aliphatic carbocycles. The molecule has 0 unspecified atom stereocenters. The smallest absolute Gasteiger partial charge is 0.200 e. The number of furan rings is 1. The first-order chi connectivity index (χ1) is 11.7. The SMILES string of the molecule is Cn1c(SCc2cc(Cl)c3c(c2)OCCO3)nnc1-c1ccco1. The molecular weight excluding hydrogens is 350 g/mol. The monoisotopic (exact) mass is 363 g/mol. The number of hydrogen-bond acceptors (Lipinski definition) is 6. The molecule has 8 heteroatoms. The first-order valence-corrected chi connectivity index (χ1v) is 8.73. The van der Waals surface area contributed by atoms with Crippen LogP contribution in [0.3, 0.4) is 0 Å². The molecule has 0 N–H and O–H groups in total. The van der Waals surface area contributed by atoms with Crippen molar-refractivity contribution < 1.29 is 13.9 Å². The highest BCUT2D eigenvalue weighted by Crippen LogP contribution is 2.39. The Morgan fingerprint density at radius 1 is 1.25 bits per heavy atom. The molecule has 0 fully saturated rings. The van der Waals surface area contributed by atoms with Gasteiger partial charge in [0.2, 0.25) is 0 Å². The van der Waals surface area contributed by atoms with Crippen molar-refractivity contribution in [2.75, 3.05) is 13.2 Å². The first-order valence-electron chi connectivity index (χ1n) is 7.36. The third-order valence-corrected chi connectivity index (χ3v) is 4.97. The lowest BCUT2D eigenvalue weighted by Crippen LogP contribution is -2.15. The van der Waals surface area contributed by atoms with Crippen molar-refractivity contribution in [1.29, 1.82) is 0 Å². The zero-order valence-corrected chi connectivity index (χ0v) is 14.4. The maximum atomic E-state index is 6.27. The quantitative estimate of drug-likeness (QED) is 0.657. The van der Waals surface area contributed by atoms with Gasteiger partial charge in [-0.25, -0.2) is 0 Å². The van der Waals surface area contributed by atoms with Crippen LogP contribution in [0.1, 0.15) is 5.56 Å². The van der Waals surface area contributed by atoms with Crippen LogP contribution in [0.4, 0.5) is 0 Å². The molecule has 124 valence electrons. The Labute approximate surface area is 147 Å². The van der Waals surface area contributed by atoms with E-state index in [1.807, 2.05) is 35.9 Å². The number of thioether (sulfide) groups is 1. The molecule has 6 nitrogen and oxygen atoms in total. The molecule has 0 radical (unpaired) electrons. The van der Waals surface area contributed by atoms with Crippen molar-refractivity contribution in [3.63, 3.8) is 0 Å². The number of aromatic nitrogens is 3. The van der Waals surface area contributed by atoms with E-state index < -0.39 is 0 Å². The Balaban J connectivity index is 1.52. The first kappa shape index (κ1) is 15.4. The fraction of sp³-hybridized carbons (Fsp3) is 0.250. The molecule has 0 bridgehead atoms. The van der Waals surface area contributed by atoms with Crippen LogP contribution in [0.25, 0.3) is 11.6 Å². The molecular formula is C16H14ClN3O3S. The van der Waals surface area contributed by atoms with E-state index in [1.165, 1.54) is 0 Å². The van der Waals surface area contributed by atoms with Crippen molar-refractivity contribution in [2.45, 2.75) is 10.9 Å². The molecule has 0 saturated carbocycles. The fourth-order valence-corrected chi connectivity index (χ4v) is 3.59. The average molecular weight is 364 g/mol. The molecule has 1 aliphatic heterocycles. The van der Waals surface area contributed by atoms with Crippen molar-refractivity contribution in [3.05, 3.63) is 41.1 Å². The standard InChI is InChI=1S/C16H14ClN3O3S/c1-20-15(12-3-2-4-21-12)18-19-16(20)24-9-10-7-11(17)14-13(8-10)22-5-6-23-14/h2-4,7-8H,5-6,9H2,1H3. The van der Waals surface area contributed by atoms with E-state index in [4.69, 9.17) is 25.5 Å². The predicted molar refractivity (Wildman–Crippen MR) is 90.7 cm³/mol. The predicted octanol–water partition coefficient (Wildman–Crippen LogP) is 3.79. The molecule has 3 heterocycles. The molecule has 24 heavy (non-hydrogen) atoms. The number of halogens is 1. The highest BCUT2D eigenvalue weighted by Gasteiger charge is 2.18. The van der Waals surface area contributed by atoms with E-state index in [2.05, 4.69) is 10.2 Å². The van der Waals surface area contributed by atoms with E-state index in [1.54, 1.807) is 18.0 Å². The van der Waals surface area contributed by atoms with Gasteiger partial charge in [-0.05, 0) is 29.8 Å². The van der Waals surface area contributed by atoms with Crippen LogP contribution >= 0.6 is 23.4 Å². The summed E-state index contributed by atoms with van der Waals surface area (Å²) >= 11 is 7.84. The second-order valence-electron chi connectivity index (χ2n) is 5.23. The molecule has 0 amide bonds. The topological polar surface area (TPSA) is 62.3 Å². The summed E-state index contributed by atoms with van der Waals surface area (Å²) in [6.45, 7) is 1.06. The van der Waals surface area contributed by atoms with Gasteiger partial charge in [0.05, 0.1) is 11.3 Å². The summed E-state index contributed by atoms with van der Waals surface area (Å²) < 4.78 is 18.4. The van der Waals surface area contributed by atoms with Crippen LogP contribution in [0, 0.1) is 0 Å². The number of nitrogens with zero attached hydrogens (tertiary/aromatic N) is 3. The van der Waals surface area contributed by atoms with Crippen LogP contribution in [0.2, 0.25) is 5.02 Å². The number of fused-ring (bicyclic) bond motifs is 1. The Hall–Kier alpha value is -2.12. The van der Waals surface area contributed by atoms with Crippen LogP contribution in [0.15, 0.2) is 40.1 Å². The number of ether oxygens (including phenoxy) is 2. The van der Waals surface area contributed by atoms with Crippen molar-refractivity contribution in [1.82, 2.24) is 14.8 Å². The van der Waals surface area contributed by atoms with Crippen LogP contribution in [-0.2, 0) is 12.8 Å². The van der Waals surface area contributed by atoms with E-state index in [9.17, 15) is 0 Å². The molecule has 0 spiro atoms. The van der Waals surface area contributed by atoms with Gasteiger partial charge in [-0.3, -0.25) is 0 Å². The highest BCUT2D eigenvalue weighted by molar-refractivity contribution is 7.98. The summed E-state index contributed by atoms with van der Waals surface area (Å²) in [5.41, 5.74) is 1.04. The number of benzene rings is 1. The van der Waals surface area contributed by atoms with E-state index in [0.29, 0.717) is 47.1 Å². The Bertz CT molecular complexity index is 864. The van der Waals surface area contributed by atoms with Gasteiger partial charge < -0.3 is 18.5 Å². The number of hydrogen-bond donors (Lipinski definition) is 0. The average Bonchev–Trinajstić information content (AvgIpc) is 3.23. The summed E-state index contributed by atoms with van der Waals surface area (Å²) in [4.78, 5) is 0. The van der Waals surface area contributed by atoms with Crippen LogP contribution in [-0.4, -0.2) is 28.0 Å². The van der Waals surface area contributed by atoms with E-state index in [-0.39, 0.29) is 0 Å². The molecule has 1 aromatic carbocycles. The lowest BCUT2D eigenvalue weighted by Gasteiger charge is -2.20. The second-order valence-corrected chi connectivity index (χ2v) is 6.58. The minimum Gasteiger partial charge on any atom is -0.486 e. The molecule has 2 aromatic heterocycles. The molecule has 0 atom stereocenters. The third kappa shape index (κ3) is 2.85. The minimum absolute atomic E-state index is 0.523. The van der Waals surface area contributed by atoms with Gasteiger partial charge in [0.15, 0.2) is 28.2 Å². The molecule has 0 saturated heterocycles. The lowest BCUT2D eigenvalue weighted by atomic mass is 10.2. The highest BCUT2D eigenvalue weighted by atomic mass is 35.5. The Morgan fingerprint density at radius 2 is 2.12 bits per heavy atom. The van der Waals surface area contributed by atoms with Gasteiger partial charge in [0.1, 0.15) is 13.2 Å². The zero-order valence-electron chi connectivity index (χ0n) is 12.9. The zero-order chi connectivity index (χ0) is 16.5. The van der Waals surface area contributed by atoms with E-state index in [0.717, 1.165) is 10.7 Å². The van der Waals surface area contributed by atoms with Crippen molar-refractivity contribution in [2.24, 2.45) is 7.05 Å². The Morgan fingerprint density at radius 3 is 2.96 bits per heavy atom. The van der Waals surface area contributed by atoms with Crippen LogP contribution < -0.4 is 9.47 Å². The molecule has 4 rings (SSSR count). The minimum atomic E-state index is 0.523. The third-order valence-electron chi connectivity index (χ3n) is 3.60. The summed E-state index contributed by atoms with van der Waals surface area (Å²) in [5.74, 6) is 3.40. The fourth-order valence-electron chi connectivity index (χ4n) is 2.46. The summed E-state index contributed by atoms with van der Waals surface area (Å²) in [5, 5.41) is 9.77. The van der Waals surface area contributed by atoms with Gasteiger partial charge in [-0.2, -0.15) is 0 Å². The van der Waals surface area contributed by atoms with Gasteiger partial charge in [-0.1, -0.05) is 23.4 Å². The van der Waals surface area contributed by atoms with E-state index >= 15 is 0 Å². The second kappa shape index (κ2) is 6.41. The summed E-state index contributed by atoms with van der Waals surface area (Å²) in [6, 6.07) is 7.54. The summed E-state index contributed by atoms with van der Waals surface area (Å²) in [7, 11) is 1.91. The maximum absolute atomic E-state index is 6.27. The normalized spacial score (nSPS) is 13.2. The Kier molecular flexibility index (Phi) is 4.12. The van der Waals surface area contributed by atoms with Gasteiger partial charge in [0, 0.05) is 12.8 Å². The van der Waals surface area contributed by atoms with Gasteiger partial charge >= 0.3 is 0 Å². The molecule has 1 aliphatic rings. The molecule has 3 aromatic rings. The van der Waals surface area contributed by atoms with Crippen molar-refractivity contribution in [3.8, 4) is 23.1 Å².